The van der Waals surface area contributed by atoms with Crippen LogP contribution in [0.15, 0.2) is 36.4 Å². The Balaban J connectivity index is 0.00000264. The second-order valence-electron chi connectivity index (χ2n) is 5.43. The second kappa shape index (κ2) is 9.01. The third kappa shape index (κ3) is 5.30. The molecule has 0 unspecified atom stereocenters. The zero-order valence-electron chi connectivity index (χ0n) is 13.3. The summed E-state index contributed by atoms with van der Waals surface area (Å²) in [6, 6.07) is 10.6. The van der Waals surface area contributed by atoms with E-state index in [4.69, 9.17) is 5.73 Å². The predicted octanol–water partition coefficient (Wildman–Crippen LogP) is 4.06. The van der Waals surface area contributed by atoms with Gasteiger partial charge in [0.25, 0.3) is 0 Å². The van der Waals surface area contributed by atoms with Crippen LogP contribution < -0.4 is 5.73 Å². The van der Waals surface area contributed by atoms with E-state index in [0.717, 1.165) is 15.3 Å². The largest absolute Gasteiger partial charge is 0.335 e. The van der Waals surface area contributed by atoms with Gasteiger partial charge >= 0.3 is 0 Å². The Morgan fingerprint density at radius 2 is 2.04 bits per heavy atom. The molecule has 126 valence electrons. The molecule has 1 heterocycles. The maximum absolute atomic E-state index is 13.3. The lowest BCUT2D eigenvalue weighted by Crippen LogP contribution is -2.37. The molecule has 0 saturated carbocycles. The third-order valence-electron chi connectivity index (χ3n) is 3.40. The predicted molar refractivity (Wildman–Crippen MR) is 96.3 cm³/mol. The SMILES string of the molecule is CC(C)N(Cc1ccc(-c2cccc(F)c2)s1)C(=O)CCN.Cl. The molecule has 0 bridgehead atoms. The van der Waals surface area contributed by atoms with E-state index in [1.165, 1.54) is 12.1 Å². The van der Waals surface area contributed by atoms with Gasteiger partial charge < -0.3 is 10.6 Å². The quantitative estimate of drug-likeness (QED) is 0.848. The molecule has 3 nitrogen and oxygen atoms in total. The summed E-state index contributed by atoms with van der Waals surface area (Å²) in [6.07, 6.45) is 0.361. The van der Waals surface area contributed by atoms with Crippen molar-refractivity contribution in [3.8, 4) is 10.4 Å². The van der Waals surface area contributed by atoms with Crippen molar-refractivity contribution < 1.29 is 9.18 Å². The Morgan fingerprint density at radius 1 is 1.30 bits per heavy atom. The molecule has 0 aliphatic heterocycles. The zero-order valence-corrected chi connectivity index (χ0v) is 14.9. The van der Waals surface area contributed by atoms with Crippen molar-refractivity contribution in [2.24, 2.45) is 5.73 Å². The van der Waals surface area contributed by atoms with E-state index in [1.54, 1.807) is 17.4 Å². The van der Waals surface area contributed by atoms with Gasteiger partial charge in [-0.1, -0.05) is 12.1 Å². The highest BCUT2D eigenvalue weighted by Gasteiger charge is 2.17. The number of carbonyl (C=O) groups excluding carboxylic acids is 1. The minimum Gasteiger partial charge on any atom is -0.335 e. The van der Waals surface area contributed by atoms with E-state index < -0.39 is 0 Å². The first-order valence-electron chi connectivity index (χ1n) is 7.35. The van der Waals surface area contributed by atoms with Crippen molar-refractivity contribution in [3.63, 3.8) is 0 Å². The summed E-state index contributed by atoms with van der Waals surface area (Å²) in [7, 11) is 0. The lowest BCUT2D eigenvalue weighted by molar-refractivity contribution is -0.133. The first-order valence-corrected chi connectivity index (χ1v) is 8.17. The number of amides is 1. The van der Waals surface area contributed by atoms with Crippen LogP contribution in [0.1, 0.15) is 25.1 Å². The average molecular weight is 357 g/mol. The van der Waals surface area contributed by atoms with Gasteiger partial charge in [0.2, 0.25) is 5.91 Å². The molecule has 1 amide bonds. The molecule has 1 aromatic heterocycles. The Morgan fingerprint density at radius 3 is 2.65 bits per heavy atom. The summed E-state index contributed by atoms with van der Waals surface area (Å²) in [5.41, 5.74) is 6.34. The molecule has 23 heavy (non-hydrogen) atoms. The molecule has 2 N–H and O–H groups in total. The van der Waals surface area contributed by atoms with Gasteiger partial charge in [0, 0.05) is 28.8 Å². The highest BCUT2D eigenvalue weighted by Crippen LogP contribution is 2.29. The minimum absolute atomic E-state index is 0. The number of hydrogen-bond donors (Lipinski definition) is 1. The Bertz CT molecular complexity index is 645. The van der Waals surface area contributed by atoms with Crippen LogP contribution in [-0.4, -0.2) is 23.4 Å². The van der Waals surface area contributed by atoms with Gasteiger partial charge in [-0.25, -0.2) is 4.39 Å². The highest BCUT2D eigenvalue weighted by molar-refractivity contribution is 7.15. The Labute approximate surface area is 146 Å². The van der Waals surface area contributed by atoms with Crippen molar-refractivity contribution in [3.05, 3.63) is 47.1 Å². The number of nitrogens with zero attached hydrogens (tertiary/aromatic N) is 1. The second-order valence-corrected chi connectivity index (χ2v) is 6.60. The first kappa shape index (κ1) is 19.6. The number of benzene rings is 1. The molecular weight excluding hydrogens is 335 g/mol. The van der Waals surface area contributed by atoms with E-state index in [2.05, 4.69) is 0 Å². The molecule has 2 rings (SSSR count). The Kier molecular flexibility index (Phi) is 7.68. The van der Waals surface area contributed by atoms with E-state index in [9.17, 15) is 9.18 Å². The number of halogens is 2. The molecule has 1 aromatic carbocycles. The van der Waals surface area contributed by atoms with Gasteiger partial charge in [-0.15, -0.1) is 23.7 Å². The van der Waals surface area contributed by atoms with Gasteiger partial charge in [-0.2, -0.15) is 0 Å². The maximum Gasteiger partial charge on any atom is 0.224 e. The molecule has 0 radical (unpaired) electrons. The van der Waals surface area contributed by atoms with Crippen LogP contribution in [0.3, 0.4) is 0 Å². The van der Waals surface area contributed by atoms with Crippen LogP contribution in [-0.2, 0) is 11.3 Å². The molecule has 6 heteroatoms. The molecule has 2 aromatic rings. The smallest absolute Gasteiger partial charge is 0.224 e. The Hall–Kier alpha value is -1.43. The van der Waals surface area contributed by atoms with Crippen LogP contribution in [0.25, 0.3) is 10.4 Å². The molecule has 0 aliphatic carbocycles. The lowest BCUT2D eigenvalue weighted by atomic mass is 10.2. The lowest BCUT2D eigenvalue weighted by Gasteiger charge is -2.26. The standard InChI is InChI=1S/C17H21FN2OS.ClH/c1-12(2)20(17(21)8-9-19)11-15-6-7-16(22-15)13-4-3-5-14(18)10-13;/h3-7,10,12H,8-9,11,19H2,1-2H3;1H. The number of nitrogens with two attached hydrogens (primary N) is 1. The summed E-state index contributed by atoms with van der Waals surface area (Å²) >= 11 is 1.58. The summed E-state index contributed by atoms with van der Waals surface area (Å²) in [5.74, 6) is -0.174. The van der Waals surface area contributed by atoms with Gasteiger partial charge in [-0.3, -0.25) is 4.79 Å². The zero-order chi connectivity index (χ0) is 16.1. The van der Waals surface area contributed by atoms with Gasteiger partial charge in [0.05, 0.1) is 6.54 Å². The number of carbonyl (C=O) groups is 1. The molecule has 0 aliphatic rings. The number of rotatable bonds is 6. The molecule has 0 fully saturated rings. The highest BCUT2D eigenvalue weighted by atomic mass is 35.5. The fraction of sp³-hybridized carbons (Fsp3) is 0.353. The number of thiophene rings is 1. The number of hydrogen-bond acceptors (Lipinski definition) is 3. The van der Waals surface area contributed by atoms with Crippen LogP contribution in [0.2, 0.25) is 0 Å². The normalized spacial score (nSPS) is 10.5. The van der Waals surface area contributed by atoms with Crippen LogP contribution in [0, 0.1) is 5.82 Å². The van der Waals surface area contributed by atoms with Crippen molar-refractivity contribution in [1.82, 2.24) is 4.90 Å². The summed E-state index contributed by atoms with van der Waals surface area (Å²) in [5, 5.41) is 0. The van der Waals surface area contributed by atoms with E-state index in [-0.39, 0.29) is 30.2 Å². The minimum atomic E-state index is -0.241. The van der Waals surface area contributed by atoms with Crippen LogP contribution >= 0.6 is 23.7 Å². The maximum atomic E-state index is 13.3. The van der Waals surface area contributed by atoms with Crippen LogP contribution in [0.5, 0.6) is 0 Å². The van der Waals surface area contributed by atoms with Gasteiger partial charge in [0.1, 0.15) is 5.82 Å². The van der Waals surface area contributed by atoms with E-state index in [0.29, 0.717) is 19.5 Å². The van der Waals surface area contributed by atoms with Crippen molar-refractivity contribution in [2.45, 2.75) is 32.9 Å². The fourth-order valence-corrected chi connectivity index (χ4v) is 3.26. The first-order chi connectivity index (χ1) is 10.5. The topological polar surface area (TPSA) is 46.3 Å². The van der Waals surface area contributed by atoms with Gasteiger partial charge in [-0.05, 0) is 43.7 Å². The van der Waals surface area contributed by atoms with Crippen molar-refractivity contribution >= 4 is 29.7 Å². The third-order valence-corrected chi connectivity index (χ3v) is 4.52. The fourth-order valence-electron chi connectivity index (χ4n) is 2.25. The summed E-state index contributed by atoms with van der Waals surface area (Å²) in [6.45, 7) is 4.92. The molecule has 0 saturated heterocycles. The monoisotopic (exact) mass is 356 g/mol. The van der Waals surface area contributed by atoms with E-state index in [1.807, 2.05) is 36.9 Å². The summed E-state index contributed by atoms with van der Waals surface area (Å²) < 4.78 is 13.3. The van der Waals surface area contributed by atoms with Gasteiger partial charge in [0.15, 0.2) is 0 Å². The van der Waals surface area contributed by atoms with Crippen LogP contribution in [0.4, 0.5) is 4.39 Å². The average Bonchev–Trinajstić information content (AvgIpc) is 2.93. The molecule has 0 atom stereocenters. The molecular formula is C17H22ClFN2OS. The van der Waals surface area contributed by atoms with E-state index >= 15 is 0 Å². The molecule has 0 spiro atoms. The summed E-state index contributed by atoms with van der Waals surface area (Å²) in [4.78, 5) is 16.0. The van der Waals surface area contributed by atoms with Crippen molar-refractivity contribution in [2.75, 3.05) is 6.54 Å². The van der Waals surface area contributed by atoms with Crippen molar-refractivity contribution in [1.29, 1.82) is 0 Å².